The van der Waals surface area contributed by atoms with Gasteiger partial charge in [0.2, 0.25) is 5.89 Å². The summed E-state index contributed by atoms with van der Waals surface area (Å²) in [5.41, 5.74) is 0.424. The Morgan fingerprint density at radius 1 is 1.00 bits per heavy atom. The van der Waals surface area contributed by atoms with E-state index in [0.29, 0.717) is 18.3 Å². The standard InChI is InChI=1S/C24H27F3N6O/c25-24(26,27)19-6-7-20(29-16-19)33-14-12-32(13-15-33)11-10-28-17-21-30-22(31-34-21)23(8-9-23)18-4-2-1-3-5-18/h1-7,16,28H,8-15,17H2. The van der Waals surface area contributed by atoms with Crippen molar-refractivity contribution in [2.24, 2.45) is 0 Å². The van der Waals surface area contributed by atoms with Gasteiger partial charge in [0.05, 0.1) is 17.5 Å². The first-order chi connectivity index (χ1) is 16.4. The number of pyridine rings is 1. The van der Waals surface area contributed by atoms with Crippen LogP contribution < -0.4 is 10.2 Å². The number of nitrogens with one attached hydrogen (secondary N) is 1. The molecule has 3 heterocycles. The molecule has 2 fully saturated rings. The molecule has 2 aromatic heterocycles. The molecular weight excluding hydrogens is 445 g/mol. The van der Waals surface area contributed by atoms with Crippen LogP contribution in [0.15, 0.2) is 53.2 Å². The molecule has 1 aliphatic carbocycles. The molecule has 0 spiro atoms. The fraction of sp³-hybridized carbons (Fsp3) is 0.458. The number of hydrogen-bond donors (Lipinski definition) is 1. The molecule has 3 aromatic rings. The SMILES string of the molecule is FC(F)(F)c1ccc(N2CCN(CCNCc3nc(C4(c5ccccc5)CC4)no3)CC2)nc1. The summed E-state index contributed by atoms with van der Waals surface area (Å²) in [6.45, 7) is 5.28. The minimum Gasteiger partial charge on any atom is -0.354 e. The van der Waals surface area contributed by atoms with E-state index < -0.39 is 11.7 Å². The van der Waals surface area contributed by atoms with E-state index in [0.717, 1.165) is 70.2 Å². The van der Waals surface area contributed by atoms with E-state index >= 15 is 0 Å². The maximum Gasteiger partial charge on any atom is 0.417 e. The first kappa shape index (κ1) is 22.8. The van der Waals surface area contributed by atoms with Crippen LogP contribution in [0.5, 0.6) is 0 Å². The Hall–Kier alpha value is -2.98. The molecular formula is C24H27F3N6O. The summed E-state index contributed by atoms with van der Waals surface area (Å²) in [6.07, 6.45) is -1.38. The van der Waals surface area contributed by atoms with Crippen LogP contribution >= 0.6 is 0 Å². The van der Waals surface area contributed by atoms with Crippen molar-refractivity contribution >= 4 is 5.82 Å². The summed E-state index contributed by atoms with van der Waals surface area (Å²) in [5, 5.41) is 7.61. The summed E-state index contributed by atoms with van der Waals surface area (Å²) in [6, 6.07) is 12.9. The Bertz CT molecular complexity index is 1070. The van der Waals surface area contributed by atoms with Gasteiger partial charge in [0, 0.05) is 45.5 Å². The summed E-state index contributed by atoms with van der Waals surface area (Å²) in [5.74, 6) is 1.95. The van der Waals surface area contributed by atoms with E-state index in [1.807, 2.05) is 23.1 Å². The maximum atomic E-state index is 12.7. The molecule has 34 heavy (non-hydrogen) atoms. The monoisotopic (exact) mass is 472 g/mol. The van der Waals surface area contributed by atoms with Crippen LogP contribution in [0.2, 0.25) is 0 Å². The molecule has 0 amide bonds. The molecule has 180 valence electrons. The average Bonchev–Trinajstić information content (AvgIpc) is 3.53. The van der Waals surface area contributed by atoms with Gasteiger partial charge in [0.25, 0.3) is 0 Å². The third kappa shape index (κ3) is 4.92. The predicted molar refractivity (Wildman–Crippen MR) is 120 cm³/mol. The Morgan fingerprint density at radius 2 is 1.76 bits per heavy atom. The van der Waals surface area contributed by atoms with Crippen LogP contribution in [0, 0.1) is 0 Å². The van der Waals surface area contributed by atoms with Crippen molar-refractivity contribution in [2.45, 2.75) is 31.0 Å². The first-order valence-corrected chi connectivity index (χ1v) is 11.5. The van der Waals surface area contributed by atoms with Crippen molar-refractivity contribution < 1.29 is 17.7 Å². The second-order valence-corrected chi connectivity index (χ2v) is 8.87. The van der Waals surface area contributed by atoms with E-state index in [2.05, 4.69) is 37.5 Å². The number of halogens is 3. The van der Waals surface area contributed by atoms with Crippen LogP contribution in [0.25, 0.3) is 0 Å². The second-order valence-electron chi connectivity index (χ2n) is 8.87. The van der Waals surface area contributed by atoms with Crippen LogP contribution in [0.4, 0.5) is 19.0 Å². The quantitative estimate of drug-likeness (QED) is 0.504. The van der Waals surface area contributed by atoms with Crippen LogP contribution in [-0.4, -0.2) is 59.3 Å². The number of benzene rings is 1. The number of alkyl halides is 3. The fourth-order valence-corrected chi connectivity index (χ4v) is 4.42. The molecule has 7 nitrogen and oxygen atoms in total. The van der Waals surface area contributed by atoms with Crippen molar-refractivity contribution in [1.82, 2.24) is 25.3 Å². The summed E-state index contributed by atoms with van der Waals surface area (Å²) in [7, 11) is 0. The van der Waals surface area contributed by atoms with Gasteiger partial charge < -0.3 is 14.7 Å². The van der Waals surface area contributed by atoms with E-state index in [1.54, 1.807) is 0 Å². The molecule has 2 aliphatic rings. The van der Waals surface area contributed by atoms with Gasteiger partial charge in [-0.25, -0.2) is 4.98 Å². The van der Waals surface area contributed by atoms with Crippen LogP contribution in [0.3, 0.4) is 0 Å². The fourth-order valence-electron chi connectivity index (χ4n) is 4.42. The van der Waals surface area contributed by atoms with Gasteiger partial charge in [-0.1, -0.05) is 35.5 Å². The minimum atomic E-state index is -4.36. The Morgan fingerprint density at radius 3 is 2.41 bits per heavy atom. The van der Waals surface area contributed by atoms with Gasteiger partial charge in [-0.3, -0.25) is 4.90 Å². The van der Waals surface area contributed by atoms with Crippen LogP contribution in [0.1, 0.15) is 35.7 Å². The second kappa shape index (κ2) is 9.34. The highest BCUT2D eigenvalue weighted by atomic mass is 19.4. The molecule has 0 bridgehead atoms. The first-order valence-electron chi connectivity index (χ1n) is 11.5. The highest BCUT2D eigenvalue weighted by Gasteiger charge is 2.49. The third-order valence-corrected chi connectivity index (χ3v) is 6.63. The molecule has 1 saturated heterocycles. The smallest absolute Gasteiger partial charge is 0.354 e. The molecule has 1 aliphatic heterocycles. The van der Waals surface area contributed by atoms with Crippen molar-refractivity contribution in [3.05, 3.63) is 71.5 Å². The zero-order chi connectivity index (χ0) is 23.6. The molecule has 0 atom stereocenters. The number of rotatable bonds is 8. The van der Waals surface area contributed by atoms with Crippen molar-refractivity contribution in [3.63, 3.8) is 0 Å². The molecule has 1 aromatic carbocycles. The van der Waals surface area contributed by atoms with Crippen molar-refractivity contribution in [2.75, 3.05) is 44.2 Å². The summed E-state index contributed by atoms with van der Waals surface area (Å²) in [4.78, 5) is 13.0. The molecule has 5 rings (SSSR count). The normalized spacial score (nSPS) is 18.3. The highest BCUT2D eigenvalue weighted by molar-refractivity contribution is 5.40. The molecule has 10 heteroatoms. The maximum absolute atomic E-state index is 12.7. The lowest BCUT2D eigenvalue weighted by Gasteiger charge is -2.35. The number of hydrogen-bond acceptors (Lipinski definition) is 7. The van der Waals surface area contributed by atoms with Gasteiger partial charge >= 0.3 is 6.18 Å². The Labute approximate surface area is 196 Å². The minimum absolute atomic E-state index is 0.0927. The topological polar surface area (TPSA) is 70.3 Å². The number of aromatic nitrogens is 3. The largest absolute Gasteiger partial charge is 0.417 e. The highest BCUT2D eigenvalue weighted by Crippen LogP contribution is 2.52. The van der Waals surface area contributed by atoms with E-state index in [4.69, 9.17) is 4.52 Å². The van der Waals surface area contributed by atoms with Gasteiger partial charge in [-0.2, -0.15) is 18.2 Å². The lowest BCUT2D eigenvalue weighted by Crippen LogP contribution is -2.48. The summed E-state index contributed by atoms with van der Waals surface area (Å²) < 4.78 is 43.6. The third-order valence-electron chi connectivity index (χ3n) is 6.63. The van der Waals surface area contributed by atoms with E-state index in [1.165, 1.54) is 11.6 Å². The van der Waals surface area contributed by atoms with Crippen LogP contribution in [-0.2, 0) is 18.1 Å². The molecule has 1 saturated carbocycles. The van der Waals surface area contributed by atoms with Gasteiger partial charge in [-0.15, -0.1) is 0 Å². The lowest BCUT2D eigenvalue weighted by atomic mass is 9.95. The molecule has 0 radical (unpaired) electrons. The van der Waals surface area contributed by atoms with Gasteiger partial charge in [0.1, 0.15) is 5.82 Å². The molecule has 1 N–H and O–H groups in total. The predicted octanol–water partition coefficient (Wildman–Crippen LogP) is 3.48. The Kier molecular flexibility index (Phi) is 6.26. The molecule has 0 unspecified atom stereocenters. The van der Waals surface area contributed by atoms with Crippen molar-refractivity contribution in [3.8, 4) is 0 Å². The van der Waals surface area contributed by atoms with E-state index in [-0.39, 0.29) is 5.41 Å². The number of anilines is 1. The zero-order valence-electron chi connectivity index (χ0n) is 18.8. The zero-order valence-corrected chi connectivity index (χ0v) is 18.8. The number of piperazine rings is 1. The van der Waals surface area contributed by atoms with E-state index in [9.17, 15) is 13.2 Å². The average molecular weight is 473 g/mol. The van der Waals surface area contributed by atoms with Gasteiger partial charge in [0.15, 0.2) is 5.82 Å². The number of nitrogens with zero attached hydrogens (tertiary/aromatic N) is 5. The Balaban J connectivity index is 1.04. The lowest BCUT2D eigenvalue weighted by molar-refractivity contribution is -0.137. The van der Waals surface area contributed by atoms with Gasteiger partial charge in [-0.05, 0) is 30.5 Å². The van der Waals surface area contributed by atoms with Crippen molar-refractivity contribution in [1.29, 1.82) is 0 Å². The summed E-state index contributed by atoms with van der Waals surface area (Å²) >= 11 is 0.